The van der Waals surface area contributed by atoms with Gasteiger partial charge in [-0.3, -0.25) is 14.9 Å². The van der Waals surface area contributed by atoms with Crippen LogP contribution in [0.1, 0.15) is 42.7 Å². The van der Waals surface area contributed by atoms with Crippen LogP contribution in [0.25, 0.3) is 0 Å². The Morgan fingerprint density at radius 1 is 1.08 bits per heavy atom. The summed E-state index contributed by atoms with van der Waals surface area (Å²) in [6, 6.07) is 9.54. The van der Waals surface area contributed by atoms with Crippen LogP contribution in [-0.2, 0) is 14.3 Å². The number of esters is 1. The molecule has 10 heteroatoms. The molecule has 0 bridgehead atoms. The number of carbonyl (C=O) groups is 2. The summed E-state index contributed by atoms with van der Waals surface area (Å²) in [7, 11) is 4.35. The number of halogens is 1. The van der Waals surface area contributed by atoms with Crippen molar-refractivity contribution >= 4 is 29.0 Å². The normalized spacial score (nSPS) is 19.4. The second kappa shape index (κ2) is 10.0. The number of allylic oxidation sites excluding steroid dienone is 3. The van der Waals surface area contributed by atoms with Crippen LogP contribution in [0.4, 0.5) is 5.69 Å². The molecule has 4 rings (SSSR count). The molecule has 0 spiro atoms. The standard InChI is InChI=1S/C26H25ClN2O7/c1-13-23(26(31)36-4)24(17-12-16(29(32)33)6-7-18(17)27)25-19(28-13)9-15(10-20(25)30)14-5-8-21(34-2)22(11-14)35-3/h5-8,11-12,15,24,28H,9-10H2,1-4H3/t15-,24+/m0/s1. The monoisotopic (exact) mass is 512 g/mol. The van der Waals surface area contributed by atoms with Crippen molar-refractivity contribution in [3.63, 3.8) is 0 Å². The number of Topliss-reactive ketones (excluding diaryl/α,β-unsaturated/α-hetero) is 1. The molecular formula is C26H25ClN2O7. The van der Waals surface area contributed by atoms with Gasteiger partial charge in [0, 0.05) is 46.5 Å². The highest BCUT2D eigenvalue weighted by Gasteiger charge is 2.42. The van der Waals surface area contributed by atoms with E-state index in [1.54, 1.807) is 27.2 Å². The number of nitro benzene ring substituents is 1. The fraction of sp³-hybridized carbons (Fsp3) is 0.308. The number of ether oxygens (including phenoxy) is 3. The molecule has 9 nitrogen and oxygen atoms in total. The topological polar surface area (TPSA) is 117 Å². The van der Waals surface area contributed by atoms with Gasteiger partial charge in [0.05, 0.1) is 31.8 Å². The second-order valence-corrected chi connectivity index (χ2v) is 8.99. The minimum Gasteiger partial charge on any atom is -0.493 e. The third-order valence-corrected chi connectivity index (χ3v) is 6.96. The van der Waals surface area contributed by atoms with E-state index in [4.69, 9.17) is 25.8 Å². The lowest BCUT2D eigenvalue weighted by Crippen LogP contribution is -2.36. The van der Waals surface area contributed by atoms with Gasteiger partial charge in [-0.05, 0) is 48.6 Å². The quantitative estimate of drug-likeness (QED) is 0.333. The molecule has 2 atom stereocenters. The van der Waals surface area contributed by atoms with Gasteiger partial charge in [-0.15, -0.1) is 0 Å². The van der Waals surface area contributed by atoms with Gasteiger partial charge < -0.3 is 19.5 Å². The first-order valence-corrected chi connectivity index (χ1v) is 11.6. The van der Waals surface area contributed by atoms with E-state index in [-0.39, 0.29) is 34.4 Å². The summed E-state index contributed by atoms with van der Waals surface area (Å²) in [6.07, 6.45) is 0.651. The van der Waals surface area contributed by atoms with Crippen LogP contribution < -0.4 is 14.8 Å². The fourth-order valence-corrected chi connectivity index (χ4v) is 5.17. The van der Waals surface area contributed by atoms with Crippen molar-refractivity contribution < 1.29 is 28.7 Å². The summed E-state index contributed by atoms with van der Waals surface area (Å²) in [5.74, 6) is -0.749. The van der Waals surface area contributed by atoms with Crippen molar-refractivity contribution in [1.29, 1.82) is 0 Å². The number of hydrogen-bond donors (Lipinski definition) is 1. The van der Waals surface area contributed by atoms with E-state index in [1.165, 1.54) is 25.3 Å². The number of ketones is 1. The predicted molar refractivity (Wildman–Crippen MR) is 132 cm³/mol. The first-order chi connectivity index (χ1) is 17.2. The van der Waals surface area contributed by atoms with Gasteiger partial charge in [-0.1, -0.05) is 17.7 Å². The molecule has 0 fully saturated rings. The van der Waals surface area contributed by atoms with Crippen LogP contribution in [0.3, 0.4) is 0 Å². The molecule has 0 radical (unpaired) electrons. The smallest absolute Gasteiger partial charge is 0.336 e. The Balaban J connectivity index is 1.84. The summed E-state index contributed by atoms with van der Waals surface area (Å²) >= 11 is 6.48. The molecule has 36 heavy (non-hydrogen) atoms. The van der Waals surface area contributed by atoms with Crippen LogP contribution in [-0.4, -0.2) is 38.0 Å². The molecule has 0 saturated heterocycles. The van der Waals surface area contributed by atoms with E-state index < -0.39 is 16.8 Å². The number of carbonyl (C=O) groups excluding carboxylic acids is 2. The van der Waals surface area contributed by atoms with E-state index in [9.17, 15) is 19.7 Å². The zero-order valence-corrected chi connectivity index (χ0v) is 21.0. The Bertz CT molecular complexity index is 1330. The molecular weight excluding hydrogens is 488 g/mol. The maximum Gasteiger partial charge on any atom is 0.336 e. The zero-order chi connectivity index (χ0) is 26.1. The molecule has 0 aromatic heterocycles. The minimum absolute atomic E-state index is 0.155. The van der Waals surface area contributed by atoms with E-state index >= 15 is 0 Å². The molecule has 0 saturated carbocycles. The summed E-state index contributed by atoms with van der Waals surface area (Å²) in [5, 5.41) is 14.9. The molecule has 0 amide bonds. The Labute approximate surface area is 212 Å². The first-order valence-electron chi connectivity index (χ1n) is 11.2. The lowest BCUT2D eigenvalue weighted by molar-refractivity contribution is -0.384. The lowest BCUT2D eigenvalue weighted by atomic mass is 9.71. The number of nitrogens with one attached hydrogen (secondary N) is 1. The third kappa shape index (κ3) is 4.42. The summed E-state index contributed by atoms with van der Waals surface area (Å²) in [6.45, 7) is 1.71. The Morgan fingerprint density at radius 3 is 2.44 bits per heavy atom. The first kappa shape index (κ1) is 25.2. The Morgan fingerprint density at radius 2 is 1.81 bits per heavy atom. The van der Waals surface area contributed by atoms with Crippen molar-refractivity contribution in [2.75, 3.05) is 21.3 Å². The van der Waals surface area contributed by atoms with Crippen molar-refractivity contribution in [3.05, 3.63) is 85.2 Å². The van der Waals surface area contributed by atoms with Crippen LogP contribution >= 0.6 is 11.6 Å². The van der Waals surface area contributed by atoms with Crippen LogP contribution in [0.2, 0.25) is 5.02 Å². The van der Waals surface area contributed by atoms with Gasteiger partial charge in [-0.2, -0.15) is 0 Å². The summed E-state index contributed by atoms with van der Waals surface area (Å²) < 4.78 is 15.8. The van der Waals surface area contributed by atoms with Gasteiger partial charge in [0.25, 0.3) is 5.69 Å². The third-order valence-electron chi connectivity index (χ3n) is 6.61. The van der Waals surface area contributed by atoms with Crippen molar-refractivity contribution in [2.24, 2.45) is 0 Å². The van der Waals surface area contributed by atoms with Gasteiger partial charge in [0.1, 0.15) is 0 Å². The molecule has 1 aliphatic carbocycles. The number of benzene rings is 2. The largest absolute Gasteiger partial charge is 0.493 e. The molecule has 0 unspecified atom stereocenters. The van der Waals surface area contributed by atoms with E-state index in [2.05, 4.69) is 5.32 Å². The molecule has 1 aliphatic heterocycles. The minimum atomic E-state index is -0.903. The van der Waals surface area contributed by atoms with Crippen LogP contribution in [0.5, 0.6) is 11.5 Å². The zero-order valence-electron chi connectivity index (χ0n) is 20.2. The number of nitrogens with zero attached hydrogens (tertiary/aromatic N) is 1. The Hall–Kier alpha value is -3.85. The molecule has 1 heterocycles. The van der Waals surface area contributed by atoms with Crippen molar-refractivity contribution in [3.8, 4) is 11.5 Å². The predicted octanol–water partition coefficient (Wildman–Crippen LogP) is 4.80. The maximum atomic E-state index is 13.7. The molecule has 2 aromatic carbocycles. The Kier molecular flexibility index (Phi) is 7.03. The average molecular weight is 513 g/mol. The maximum absolute atomic E-state index is 13.7. The number of dihydropyridines is 1. The highest BCUT2D eigenvalue weighted by atomic mass is 35.5. The van der Waals surface area contributed by atoms with Gasteiger partial charge in [0.15, 0.2) is 17.3 Å². The number of nitro groups is 1. The van der Waals surface area contributed by atoms with Crippen molar-refractivity contribution in [1.82, 2.24) is 5.32 Å². The highest BCUT2D eigenvalue weighted by molar-refractivity contribution is 6.31. The molecule has 2 aromatic rings. The number of hydrogen-bond acceptors (Lipinski definition) is 8. The van der Waals surface area contributed by atoms with E-state index in [1.807, 2.05) is 12.1 Å². The van der Waals surface area contributed by atoms with Crippen LogP contribution in [0.15, 0.2) is 58.9 Å². The SMILES string of the molecule is COC(=O)C1=C(C)NC2=C(C(=O)C[C@@H](c3ccc(OC)c(OC)c3)C2)[C@@H]1c1cc([N+](=O)[O-])ccc1Cl. The fourth-order valence-electron chi connectivity index (χ4n) is 4.94. The number of rotatable bonds is 6. The summed E-state index contributed by atoms with van der Waals surface area (Å²) in [4.78, 5) is 37.4. The van der Waals surface area contributed by atoms with Gasteiger partial charge >= 0.3 is 5.97 Å². The molecule has 1 N–H and O–H groups in total. The molecule has 2 aliphatic rings. The van der Waals surface area contributed by atoms with Crippen molar-refractivity contribution in [2.45, 2.75) is 31.6 Å². The number of methoxy groups -OCH3 is 3. The van der Waals surface area contributed by atoms with E-state index in [0.29, 0.717) is 40.5 Å². The van der Waals surface area contributed by atoms with E-state index in [0.717, 1.165) is 5.56 Å². The second-order valence-electron chi connectivity index (χ2n) is 8.59. The highest BCUT2D eigenvalue weighted by Crippen LogP contribution is 2.48. The molecule has 188 valence electrons. The summed E-state index contributed by atoms with van der Waals surface area (Å²) in [5.41, 5.74) is 2.70. The van der Waals surface area contributed by atoms with Gasteiger partial charge in [0.2, 0.25) is 0 Å². The van der Waals surface area contributed by atoms with Gasteiger partial charge in [-0.25, -0.2) is 4.79 Å². The number of non-ortho nitro benzene ring substituents is 1. The average Bonchev–Trinajstić information content (AvgIpc) is 2.87. The van der Waals surface area contributed by atoms with Crippen LogP contribution in [0, 0.1) is 10.1 Å². The lowest BCUT2D eigenvalue weighted by Gasteiger charge is -2.36.